The lowest BCUT2D eigenvalue weighted by Gasteiger charge is -2.14. The number of aromatic nitrogens is 2. The number of halogens is 1. The molecule has 0 aliphatic heterocycles. The number of carbonyl (C=O) groups is 2. The molecule has 1 unspecified atom stereocenters. The minimum Gasteiger partial charge on any atom is -0.482 e. The van der Waals surface area contributed by atoms with Crippen molar-refractivity contribution in [2.24, 2.45) is 5.92 Å². The van der Waals surface area contributed by atoms with Gasteiger partial charge < -0.3 is 14.4 Å². The van der Waals surface area contributed by atoms with Crippen LogP contribution in [-0.4, -0.2) is 27.0 Å². The highest BCUT2D eigenvalue weighted by Gasteiger charge is 2.30. The third-order valence-corrected chi connectivity index (χ3v) is 4.91. The first-order valence-electron chi connectivity index (χ1n) is 9.64. The zero-order valence-corrected chi connectivity index (χ0v) is 16.2. The number of ketones is 1. The SMILES string of the molecule is CCC(Oc1ccc(C(=O)C2CC2)cc1)c1noc(-c2ccc(C(=O)O)c(F)c2)n1. The minimum atomic E-state index is -1.35. The molecule has 1 fully saturated rings. The van der Waals surface area contributed by atoms with E-state index in [9.17, 15) is 14.0 Å². The van der Waals surface area contributed by atoms with Gasteiger partial charge in [0.2, 0.25) is 5.82 Å². The Balaban J connectivity index is 1.49. The molecule has 7 nitrogen and oxygen atoms in total. The van der Waals surface area contributed by atoms with Crippen molar-refractivity contribution < 1.29 is 28.3 Å². The number of benzene rings is 2. The van der Waals surface area contributed by atoms with Crippen LogP contribution in [0.5, 0.6) is 5.75 Å². The molecule has 1 N–H and O–H groups in total. The van der Waals surface area contributed by atoms with Crippen LogP contribution in [0.1, 0.15) is 58.8 Å². The summed E-state index contributed by atoms with van der Waals surface area (Å²) in [5.41, 5.74) is 0.512. The lowest BCUT2D eigenvalue weighted by atomic mass is 10.1. The third-order valence-electron chi connectivity index (χ3n) is 4.91. The number of nitrogens with zero attached hydrogens (tertiary/aromatic N) is 2. The molecular weight excluding hydrogens is 391 g/mol. The van der Waals surface area contributed by atoms with Gasteiger partial charge in [-0.3, -0.25) is 4.79 Å². The Hall–Kier alpha value is -3.55. The van der Waals surface area contributed by atoms with Crippen LogP contribution in [0.15, 0.2) is 47.0 Å². The maximum absolute atomic E-state index is 13.9. The molecule has 1 aromatic heterocycles. The minimum absolute atomic E-state index is 0.0632. The summed E-state index contributed by atoms with van der Waals surface area (Å²) in [6, 6.07) is 10.6. The van der Waals surface area contributed by atoms with E-state index in [-0.39, 0.29) is 29.0 Å². The molecule has 0 saturated heterocycles. The molecule has 4 rings (SSSR count). The summed E-state index contributed by atoms with van der Waals surface area (Å²) in [6.07, 6.45) is 1.96. The summed E-state index contributed by atoms with van der Waals surface area (Å²) in [4.78, 5) is 27.3. The molecule has 1 heterocycles. The fraction of sp³-hybridized carbons (Fsp3) is 0.273. The summed E-state index contributed by atoms with van der Waals surface area (Å²) in [6.45, 7) is 1.90. The van der Waals surface area contributed by atoms with Crippen LogP contribution in [0.2, 0.25) is 0 Å². The Morgan fingerprint density at radius 2 is 1.97 bits per heavy atom. The van der Waals surface area contributed by atoms with Gasteiger partial charge >= 0.3 is 5.97 Å². The van der Waals surface area contributed by atoms with Gasteiger partial charge in [-0.15, -0.1) is 0 Å². The second kappa shape index (κ2) is 8.06. The molecule has 1 saturated carbocycles. The summed E-state index contributed by atoms with van der Waals surface area (Å²) in [5, 5.41) is 12.8. The number of hydrogen-bond donors (Lipinski definition) is 1. The number of Topliss-reactive ketones (excluding diaryl/α,β-unsaturated/α-hetero) is 1. The van der Waals surface area contributed by atoms with Crippen LogP contribution >= 0.6 is 0 Å². The van der Waals surface area contributed by atoms with Gasteiger partial charge in [0, 0.05) is 17.0 Å². The van der Waals surface area contributed by atoms with E-state index in [1.165, 1.54) is 6.07 Å². The van der Waals surface area contributed by atoms with Gasteiger partial charge in [0.1, 0.15) is 11.6 Å². The predicted molar refractivity (Wildman–Crippen MR) is 104 cm³/mol. The molecule has 8 heteroatoms. The molecule has 1 aliphatic rings. The quantitative estimate of drug-likeness (QED) is 0.537. The first kappa shape index (κ1) is 19.8. The molecular formula is C22H19FN2O5. The number of carbonyl (C=O) groups excluding carboxylic acids is 1. The van der Waals surface area contributed by atoms with Crippen molar-refractivity contribution in [1.29, 1.82) is 0 Å². The fourth-order valence-corrected chi connectivity index (χ4v) is 3.07. The monoisotopic (exact) mass is 410 g/mol. The summed E-state index contributed by atoms with van der Waals surface area (Å²) in [7, 11) is 0. The van der Waals surface area contributed by atoms with Crippen molar-refractivity contribution in [3.05, 3.63) is 65.2 Å². The summed E-state index contributed by atoms with van der Waals surface area (Å²) in [5.74, 6) is -0.998. The molecule has 2 aromatic carbocycles. The van der Waals surface area contributed by atoms with Crippen molar-refractivity contribution in [3.8, 4) is 17.2 Å². The number of hydrogen-bond acceptors (Lipinski definition) is 6. The summed E-state index contributed by atoms with van der Waals surface area (Å²) < 4.78 is 25.1. The lowest BCUT2D eigenvalue weighted by molar-refractivity contribution is 0.0691. The van der Waals surface area contributed by atoms with E-state index in [1.54, 1.807) is 24.3 Å². The zero-order valence-electron chi connectivity index (χ0n) is 16.2. The second-order valence-corrected chi connectivity index (χ2v) is 7.14. The van der Waals surface area contributed by atoms with Gasteiger partial charge in [0.25, 0.3) is 5.89 Å². The van der Waals surface area contributed by atoms with E-state index in [0.29, 0.717) is 17.7 Å². The highest BCUT2D eigenvalue weighted by molar-refractivity contribution is 5.99. The molecule has 0 radical (unpaired) electrons. The van der Waals surface area contributed by atoms with E-state index in [4.69, 9.17) is 14.4 Å². The van der Waals surface area contributed by atoms with Crippen LogP contribution in [0.25, 0.3) is 11.5 Å². The smallest absolute Gasteiger partial charge is 0.338 e. The normalized spacial score (nSPS) is 14.3. The highest BCUT2D eigenvalue weighted by Crippen LogP contribution is 2.33. The van der Waals surface area contributed by atoms with Crippen LogP contribution in [0.4, 0.5) is 4.39 Å². The van der Waals surface area contributed by atoms with Crippen LogP contribution < -0.4 is 4.74 Å². The number of rotatable bonds is 8. The van der Waals surface area contributed by atoms with E-state index < -0.39 is 23.5 Å². The Labute approximate surface area is 171 Å². The topological polar surface area (TPSA) is 103 Å². The van der Waals surface area contributed by atoms with E-state index in [0.717, 1.165) is 25.0 Å². The molecule has 0 bridgehead atoms. The number of ether oxygens (including phenoxy) is 1. The number of carboxylic acids is 1. The molecule has 0 spiro atoms. The van der Waals surface area contributed by atoms with Gasteiger partial charge in [-0.2, -0.15) is 4.98 Å². The third kappa shape index (κ3) is 4.07. The lowest BCUT2D eigenvalue weighted by Crippen LogP contribution is -2.09. The van der Waals surface area contributed by atoms with Crippen molar-refractivity contribution in [2.75, 3.05) is 0 Å². The van der Waals surface area contributed by atoms with Gasteiger partial charge in [-0.05, 0) is 61.7 Å². The fourth-order valence-electron chi connectivity index (χ4n) is 3.07. The Morgan fingerprint density at radius 1 is 1.23 bits per heavy atom. The van der Waals surface area contributed by atoms with Crippen LogP contribution in [0, 0.1) is 11.7 Å². The van der Waals surface area contributed by atoms with E-state index >= 15 is 0 Å². The molecule has 3 aromatic rings. The molecule has 0 amide bonds. The molecule has 30 heavy (non-hydrogen) atoms. The number of carboxylic acid groups (broad SMARTS) is 1. The molecule has 1 aliphatic carbocycles. The van der Waals surface area contributed by atoms with Crippen molar-refractivity contribution in [2.45, 2.75) is 32.3 Å². The first-order chi connectivity index (χ1) is 14.5. The first-order valence-corrected chi connectivity index (χ1v) is 9.64. The average molecular weight is 410 g/mol. The van der Waals surface area contributed by atoms with E-state index in [2.05, 4.69) is 10.1 Å². The Kier molecular flexibility index (Phi) is 5.31. The van der Waals surface area contributed by atoms with Gasteiger partial charge in [0.15, 0.2) is 11.9 Å². The van der Waals surface area contributed by atoms with Gasteiger partial charge in [-0.25, -0.2) is 9.18 Å². The van der Waals surface area contributed by atoms with Crippen molar-refractivity contribution >= 4 is 11.8 Å². The Bertz CT molecular complexity index is 1090. The van der Waals surface area contributed by atoms with Gasteiger partial charge in [0.05, 0.1) is 5.56 Å². The molecule has 1 atom stereocenters. The maximum atomic E-state index is 13.9. The zero-order chi connectivity index (χ0) is 21.3. The van der Waals surface area contributed by atoms with Crippen LogP contribution in [-0.2, 0) is 0 Å². The average Bonchev–Trinajstić information content (AvgIpc) is 3.48. The predicted octanol–water partition coefficient (Wildman–Crippen LogP) is 4.70. The van der Waals surface area contributed by atoms with Crippen molar-refractivity contribution in [1.82, 2.24) is 10.1 Å². The summed E-state index contributed by atoms with van der Waals surface area (Å²) >= 11 is 0. The number of aromatic carboxylic acids is 1. The van der Waals surface area contributed by atoms with Crippen LogP contribution in [0.3, 0.4) is 0 Å². The largest absolute Gasteiger partial charge is 0.482 e. The molecule has 154 valence electrons. The van der Waals surface area contributed by atoms with E-state index in [1.807, 2.05) is 6.92 Å². The second-order valence-electron chi connectivity index (χ2n) is 7.14. The Morgan fingerprint density at radius 3 is 2.57 bits per heavy atom. The standard InChI is InChI=1S/C22H19FN2O5/c1-2-18(29-15-8-5-13(6-9-15)19(26)12-3-4-12)20-24-21(30-25-20)14-7-10-16(22(27)28)17(23)11-14/h5-12,18H,2-4H2,1H3,(H,27,28). The van der Waals surface area contributed by atoms with Crippen molar-refractivity contribution in [3.63, 3.8) is 0 Å². The maximum Gasteiger partial charge on any atom is 0.338 e. The van der Waals surface area contributed by atoms with Gasteiger partial charge in [-0.1, -0.05) is 12.1 Å². The highest BCUT2D eigenvalue weighted by atomic mass is 19.1.